The second-order valence-electron chi connectivity index (χ2n) is 6.00. The van der Waals surface area contributed by atoms with Gasteiger partial charge in [0.15, 0.2) is 0 Å². The van der Waals surface area contributed by atoms with Crippen molar-refractivity contribution in [2.24, 2.45) is 0 Å². The maximum Gasteiger partial charge on any atom is 0.321 e. The van der Waals surface area contributed by atoms with Gasteiger partial charge in [0.25, 0.3) is 5.91 Å². The molecule has 0 atom stereocenters. The SMILES string of the molecule is O=C(NCCCN1CCOCC1)c1cccc(N2CCNC2=O)c1. The maximum atomic E-state index is 12.3. The minimum atomic E-state index is -0.113. The summed E-state index contributed by atoms with van der Waals surface area (Å²) in [5, 5.41) is 5.71. The summed E-state index contributed by atoms with van der Waals surface area (Å²) in [6.07, 6.45) is 0.917. The van der Waals surface area contributed by atoms with E-state index in [-0.39, 0.29) is 11.9 Å². The Bertz CT molecular complexity index is 587. The number of hydrogen-bond donors (Lipinski definition) is 2. The van der Waals surface area contributed by atoms with Crippen molar-refractivity contribution in [3.8, 4) is 0 Å². The van der Waals surface area contributed by atoms with Gasteiger partial charge in [-0.3, -0.25) is 14.6 Å². The van der Waals surface area contributed by atoms with Crippen LogP contribution in [0.4, 0.5) is 10.5 Å². The van der Waals surface area contributed by atoms with E-state index in [1.54, 1.807) is 17.0 Å². The average Bonchev–Trinajstić information content (AvgIpc) is 3.05. The minimum Gasteiger partial charge on any atom is -0.379 e. The number of nitrogens with one attached hydrogen (secondary N) is 2. The van der Waals surface area contributed by atoms with E-state index >= 15 is 0 Å². The number of ether oxygens (including phenoxy) is 1. The van der Waals surface area contributed by atoms with Crippen LogP contribution in [0.1, 0.15) is 16.8 Å². The summed E-state index contributed by atoms with van der Waals surface area (Å²) in [4.78, 5) is 28.0. The van der Waals surface area contributed by atoms with E-state index in [0.717, 1.165) is 45.0 Å². The topological polar surface area (TPSA) is 73.9 Å². The normalized spacial score (nSPS) is 18.5. The van der Waals surface area contributed by atoms with Crippen molar-refractivity contribution >= 4 is 17.6 Å². The van der Waals surface area contributed by atoms with Crippen LogP contribution in [0.3, 0.4) is 0 Å². The Morgan fingerprint density at radius 2 is 2.08 bits per heavy atom. The number of anilines is 1. The molecule has 2 fully saturated rings. The first-order valence-electron chi connectivity index (χ1n) is 8.48. The van der Waals surface area contributed by atoms with Crippen molar-refractivity contribution < 1.29 is 14.3 Å². The lowest BCUT2D eigenvalue weighted by Gasteiger charge is -2.26. The van der Waals surface area contributed by atoms with Crippen LogP contribution in [-0.4, -0.2) is 69.3 Å². The highest BCUT2D eigenvalue weighted by atomic mass is 16.5. The van der Waals surface area contributed by atoms with Gasteiger partial charge in [-0.15, -0.1) is 0 Å². The first-order chi connectivity index (χ1) is 11.7. The van der Waals surface area contributed by atoms with Crippen molar-refractivity contribution in [2.45, 2.75) is 6.42 Å². The minimum absolute atomic E-state index is 0.0987. The molecule has 2 aliphatic heterocycles. The number of amides is 3. The summed E-state index contributed by atoms with van der Waals surface area (Å²) in [6.45, 7) is 6.40. The van der Waals surface area contributed by atoms with Gasteiger partial charge in [0.05, 0.1) is 13.2 Å². The summed E-state index contributed by atoms with van der Waals surface area (Å²) in [7, 11) is 0. The number of nitrogens with zero attached hydrogens (tertiary/aromatic N) is 2. The lowest BCUT2D eigenvalue weighted by molar-refractivity contribution is 0.0374. The molecule has 2 saturated heterocycles. The van der Waals surface area contributed by atoms with Crippen molar-refractivity contribution in [1.29, 1.82) is 0 Å². The van der Waals surface area contributed by atoms with Gasteiger partial charge in [0.2, 0.25) is 0 Å². The predicted molar refractivity (Wildman–Crippen MR) is 91.4 cm³/mol. The fourth-order valence-electron chi connectivity index (χ4n) is 2.96. The lowest BCUT2D eigenvalue weighted by Crippen LogP contribution is -2.38. The fraction of sp³-hybridized carbons (Fsp3) is 0.529. The molecule has 0 aliphatic carbocycles. The molecule has 7 heteroatoms. The lowest BCUT2D eigenvalue weighted by atomic mass is 10.1. The van der Waals surface area contributed by atoms with Crippen LogP contribution in [0.2, 0.25) is 0 Å². The van der Waals surface area contributed by atoms with Crippen LogP contribution < -0.4 is 15.5 Å². The van der Waals surface area contributed by atoms with Gasteiger partial charge in [-0.1, -0.05) is 6.07 Å². The quantitative estimate of drug-likeness (QED) is 0.751. The monoisotopic (exact) mass is 332 g/mol. The molecule has 2 aliphatic rings. The Morgan fingerprint density at radius 3 is 2.83 bits per heavy atom. The van der Waals surface area contributed by atoms with Crippen LogP contribution in [-0.2, 0) is 4.74 Å². The van der Waals surface area contributed by atoms with Crippen molar-refractivity contribution in [3.63, 3.8) is 0 Å². The van der Waals surface area contributed by atoms with Crippen LogP contribution >= 0.6 is 0 Å². The van der Waals surface area contributed by atoms with E-state index in [1.165, 1.54) is 0 Å². The Labute approximate surface area is 141 Å². The Kier molecular flexibility index (Phi) is 5.66. The third-order valence-electron chi connectivity index (χ3n) is 4.32. The van der Waals surface area contributed by atoms with Gasteiger partial charge in [-0.05, 0) is 31.2 Å². The zero-order valence-corrected chi connectivity index (χ0v) is 13.8. The Hall–Kier alpha value is -2.12. The van der Waals surface area contributed by atoms with Crippen LogP contribution in [0, 0.1) is 0 Å². The number of carbonyl (C=O) groups is 2. The molecule has 0 aromatic heterocycles. The van der Waals surface area contributed by atoms with E-state index in [9.17, 15) is 9.59 Å². The number of rotatable bonds is 6. The molecule has 2 heterocycles. The van der Waals surface area contributed by atoms with Crippen molar-refractivity contribution in [2.75, 3.05) is 57.4 Å². The maximum absolute atomic E-state index is 12.3. The van der Waals surface area contributed by atoms with Crippen molar-refractivity contribution in [1.82, 2.24) is 15.5 Å². The third kappa shape index (κ3) is 4.24. The molecule has 7 nitrogen and oxygen atoms in total. The summed E-state index contributed by atoms with van der Waals surface area (Å²) in [5.74, 6) is -0.0987. The second-order valence-corrected chi connectivity index (χ2v) is 6.00. The molecule has 2 N–H and O–H groups in total. The number of carbonyl (C=O) groups excluding carboxylic acids is 2. The summed E-state index contributed by atoms with van der Waals surface area (Å²) in [6, 6.07) is 7.08. The van der Waals surface area contributed by atoms with E-state index in [0.29, 0.717) is 25.2 Å². The smallest absolute Gasteiger partial charge is 0.321 e. The molecule has 0 saturated carbocycles. The Balaban J connectivity index is 1.47. The van der Waals surface area contributed by atoms with E-state index in [4.69, 9.17) is 4.74 Å². The summed E-state index contributed by atoms with van der Waals surface area (Å²) < 4.78 is 5.32. The predicted octanol–water partition coefficient (Wildman–Crippen LogP) is 0.668. The van der Waals surface area contributed by atoms with Crippen LogP contribution in [0.15, 0.2) is 24.3 Å². The number of morpholine rings is 1. The Morgan fingerprint density at radius 1 is 1.25 bits per heavy atom. The first-order valence-corrected chi connectivity index (χ1v) is 8.48. The zero-order chi connectivity index (χ0) is 16.8. The van der Waals surface area contributed by atoms with E-state index < -0.39 is 0 Å². The molecular weight excluding hydrogens is 308 g/mol. The highest BCUT2D eigenvalue weighted by Gasteiger charge is 2.21. The second kappa shape index (κ2) is 8.12. The van der Waals surface area contributed by atoms with Crippen LogP contribution in [0.5, 0.6) is 0 Å². The molecule has 0 radical (unpaired) electrons. The van der Waals surface area contributed by atoms with Gasteiger partial charge >= 0.3 is 6.03 Å². The standard InChI is InChI=1S/C17H24N4O3/c22-16(18-5-2-7-20-9-11-24-12-10-20)14-3-1-4-15(13-14)21-8-6-19-17(21)23/h1,3-4,13H,2,5-12H2,(H,18,22)(H,19,23). The van der Waals surface area contributed by atoms with Crippen molar-refractivity contribution in [3.05, 3.63) is 29.8 Å². The van der Waals surface area contributed by atoms with Gasteiger partial charge in [0, 0.05) is 44.0 Å². The van der Waals surface area contributed by atoms with E-state index in [2.05, 4.69) is 15.5 Å². The van der Waals surface area contributed by atoms with Gasteiger partial charge in [-0.2, -0.15) is 0 Å². The molecule has 3 amide bonds. The number of benzene rings is 1. The molecule has 130 valence electrons. The fourth-order valence-corrected chi connectivity index (χ4v) is 2.96. The molecular formula is C17H24N4O3. The van der Waals surface area contributed by atoms with Gasteiger partial charge in [-0.25, -0.2) is 4.79 Å². The molecule has 0 spiro atoms. The third-order valence-corrected chi connectivity index (χ3v) is 4.32. The molecule has 1 aromatic rings. The number of hydrogen-bond acceptors (Lipinski definition) is 4. The number of urea groups is 1. The van der Waals surface area contributed by atoms with Gasteiger partial charge < -0.3 is 15.4 Å². The van der Waals surface area contributed by atoms with E-state index in [1.807, 2.05) is 12.1 Å². The highest BCUT2D eigenvalue weighted by molar-refractivity contribution is 5.98. The molecule has 24 heavy (non-hydrogen) atoms. The zero-order valence-electron chi connectivity index (χ0n) is 13.8. The molecule has 3 rings (SSSR count). The first kappa shape index (κ1) is 16.7. The largest absolute Gasteiger partial charge is 0.379 e. The molecule has 0 unspecified atom stereocenters. The van der Waals surface area contributed by atoms with Gasteiger partial charge in [0.1, 0.15) is 0 Å². The molecule has 1 aromatic carbocycles. The highest BCUT2D eigenvalue weighted by Crippen LogP contribution is 2.18. The molecule has 0 bridgehead atoms. The summed E-state index contributed by atoms with van der Waals surface area (Å²) >= 11 is 0. The summed E-state index contributed by atoms with van der Waals surface area (Å²) in [5.41, 5.74) is 1.34. The average molecular weight is 332 g/mol. The van der Waals surface area contributed by atoms with Crippen LogP contribution in [0.25, 0.3) is 0 Å².